The topological polar surface area (TPSA) is 63.2 Å². The van der Waals surface area contributed by atoms with Gasteiger partial charge in [-0.05, 0) is 0 Å². The second-order valence-corrected chi connectivity index (χ2v) is 4.99. The standard InChI is InChI=1S/C6H11Br2NO3/c7-5(8)6(10)12-4-3-11-2-1-9/h5H,1-4,9H2/p+1. The van der Waals surface area contributed by atoms with Crippen molar-refractivity contribution in [2.75, 3.05) is 26.4 Å². The van der Waals surface area contributed by atoms with Crippen molar-refractivity contribution in [2.24, 2.45) is 0 Å². The van der Waals surface area contributed by atoms with Gasteiger partial charge in [0.15, 0.2) is 3.74 Å². The van der Waals surface area contributed by atoms with Crippen molar-refractivity contribution in [3.05, 3.63) is 0 Å². The fraction of sp³-hybridized carbons (Fsp3) is 0.833. The summed E-state index contributed by atoms with van der Waals surface area (Å²) in [5, 5.41) is 0. The minimum atomic E-state index is -0.433. The Labute approximate surface area is 88.0 Å². The molecule has 0 aliphatic heterocycles. The number of carbonyl (C=O) groups excluding carboxylic acids is 1. The van der Waals surface area contributed by atoms with Gasteiger partial charge in [-0.3, -0.25) is 0 Å². The van der Waals surface area contributed by atoms with E-state index in [1.807, 2.05) is 0 Å². The van der Waals surface area contributed by atoms with Gasteiger partial charge in [0, 0.05) is 0 Å². The molecule has 3 N–H and O–H groups in total. The number of alkyl halides is 2. The molecule has 0 aliphatic carbocycles. The third-order valence-electron chi connectivity index (χ3n) is 0.939. The Kier molecular flexibility index (Phi) is 8.20. The molecule has 0 heterocycles. The van der Waals surface area contributed by atoms with E-state index in [9.17, 15) is 4.79 Å². The molecule has 72 valence electrons. The first kappa shape index (κ1) is 12.3. The van der Waals surface area contributed by atoms with Gasteiger partial charge in [-0.2, -0.15) is 0 Å². The van der Waals surface area contributed by atoms with Crippen molar-refractivity contribution in [2.45, 2.75) is 3.74 Å². The highest BCUT2D eigenvalue weighted by Crippen LogP contribution is 2.09. The van der Waals surface area contributed by atoms with Crippen LogP contribution in [0.2, 0.25) is 0 Å². The van der Waals surface area contributed by atoms with Crippen LogP contribution in [0.25, 0.3) is 0 Å². The molecule has 0 aromatic heterocycles. The molecule has 0 spiro atoms. The SMILES string of the molecule is [NH3+]CCOCCOC(=O)C(Br)Br. The van der Waals surface area contributed by atoms with Crippen molar-refractivity contribution in [1.82, 2.24) is 0 Å². The molecule has 0 atom stereocenters. The van der Waals surface area contributed by atoms with E-state index < -0.39 is 3.74 Å². The highest BCUT2D eigenvalue weighted by Gasteiger charge is 2.10. The molecule has 6 heteroatoms. The molecule has 0 aliphatic rings. The molecule has 0 amide bonds. The molecule has 0 rings (SSSR count). The number of hydrogen-bond acceptors (Lipinski definition) is 3. The van der Waals surface area contributed by atoms with Crippen LogP contribution < -0.4 is 5.73 Å². The summed E-state index contributed by atoms with van der Waals surface area (Å²) in [5.74, 6) is -0.340. The van der Waals surface area contributed by atoms with Crippen molar-refractivity contribution >= 4 is 37.8 Å². The molecule has 0 fully saturated rings. The molecule has 0 bridgehead atoms. The van der Waals surface area contributed by atoms with Gasteiger partial charge >= 0.3 is 5.97 Å². The third-order valence-corrected chi connectivity index (χ3v) is 1.69. The van der Waals surface area contributed by atoms with E-state index in [1.165, 1.54) is 0 Å². The van der Waals surface area contributed by atoms with Crippen LogP contribution in [0.1, 0.15) is 0 Å². The first-order valence-corrected chi connectivity index (χ1v) is 5.33. The maximum atomic E-state index is 10.8. The normalized spacial score (nSPS) is 10.3. The number of quaternary nitrogens is 1. The predicted octanol–water partition coefficient (Wildman–Crippen LogP) is -0.0960. The average molecular weight is 306 g/mol. The smallest absolute Gasteiger partial charge is 0.330 e. The van der Waals surface area contributed by atoms with Crippen LogP contribution in [-0.2, 0) is 14.3 Å². The van der Waals surface area contributed by atoms with Gasteiger partial charge in [0.2, 0.25) is 0 Å². The summed E-state index contributed by atoms with van der Waals surface area (Å²) in [6.07, 6.45) is 0. The lowest BCUT2D eigenvalue weighted by molar-refractivity contribution is -0.374. The summed E-state index contributed by atoms with van der Waals surface area (Å²) >= 11 is 6.03. The Bertz CT molecular complexity index is 132. The molecule has 12 heavy (non-hydrogen) atoms. The summed E-state index contributed by atoms with van der Waals surface area (Å²) < 4.78 is 9.38. The lowest BCUT2D eigenvalue weighted by Gasteiger charge is -2.04. The quantitative estimate of drug-likeness (QED) is 0.424. The lowest BCUT2D eigenvalue weighted by atomic mass is 10.7. The van der Waals surface area contributed by atoms with Crippen molar-refractivity contribution in [3.8, 4) is 0 Å². The van der Waals surface area contributed by atoms with Crippen LogP contribution in [0.5, 0.6) is 0 Å². The summed E-state index contributed by atoms with van der Waals surface area (Å²) in [5.41, 5.74) is 3.60. The molecule has 0 saturated carbocycles. The monoisotopic (exact) mass is 304 g/mol. The van der Waals surface area contributed by atoms with Crippen LogP contribution in [0.3, 0.4) is 0 Å². The van der Waals surface area contributed by atoms with E-state index in [1.54, 1.807) is 0 Å². The summed E-state index contributed by atoms with van der Waals surface area (Å²) in [6, 6.07) is 0. The number of halogens is 2. The van der Waals surface area contributed by atoms with Gasteiger partial charge in [0.1, 0.15) is 6.61 Å². The van der Waals surface area contributed by atoms with Gasteiger partial charge in [0.05, 0.1) is 19.8 Å². The van der Waals surface area contributed by atoms with E-state index in [0.29, 0.717) is 13.2 Å². The highest BCUT2D eigenvalue weighted by molar-refractivity contribution is 9.25. The molecular weight excluding hydrogens is 294 g/mol. The summed E-state index contributed by atoms with van der Waals surface area (Å²) in [7, 11) is 0. The lowest BCUT2D eigenvalue weighted by Crippen LogP contribution is -2.52. The maximum absolute atomic E-state index is 10.8. The minimum Gasteiger partial charge on any atom is -0.462 e. The minimum absolute atomic E-state index is 0.284. The predicted molar refractivity (Wildman–Crippen MR) is 51.2 cm³/mol. The zero-order valence-electron chi connectivity index (χ0n) is 6.59. The number of esters is 1. The molecule has 0 aromatic carbocycles. The van der Waals surface area contributed by atoms with Crippen LogP contribution in [0.15, 0.2) is 0 Å². The Morgan fingerprint density at radius 2 is 2.00 bits per heavy atom. The van der Waals surface area contributed by atoms with E-state index in [0.717, 1.165) is 6.54 Å². The highest BCUT2D eigenvalue weighted by atomic mass is 79.9. The Morgan fingerprint density at radius 3 is 2.50 bits per heavy atom. The molecule has 0 unspecified atom stereocenters. The fourth-order valence-electron chi connectivity index (χ4n) is 0.468. The van der Waals surface area contributed by atoms with Gasteiger partial charge in [-0.15, -0.1) is 0 Å². The number of carbonyl (C=O) groups is 1. The van der Waals surface area contributed by atoms with Gasteiger partial charge in [-0.1, -0.05) is 31.9 Å². The van der Waals surface area contributed by atoms with Crippen LogP contribution in [-0.4, -0.2) is 36.1 Å². The average Bonchev–Trinajstić information content (AvgIpc) is 2.03. The van der Waals surface area contributed by atoms with E-state index in [4.69, 9.17) is 9.47 Å². The molecule has 4 nitrogen and oxygen atoms in total. The van der Waals surface area contributed by atoms with Crippen molar-refractivity contribution in [3.63, 3.8) is 0 Å². The first-order chi connectivity index (χ1) is 5.68. The second-order valence-electron chi connectivity index (χ2n) is 1.93. The fourth-order valence-corrected chi connectivity index (χ4v) is 0.733. The van der Waals surface area contributed by atoms with Gasteiger partial charge in [-0.25, -0.2) is 4.79 Å². The van der Waals surface area contributed by atoms with E-state index >= 15 is 0 Å². The molecule has 0 radical (unpaired) electrons. The number of rotatable bonds is 6. The van der Waals surface area contributed by atoms with Crippen LogP contribution in [0.4, 0.5) is 0 Å². The number of ether oxygens (including phenoxy) is 2. The molecular formula is C6H12Br2NO3+. The van der Waals surface area contributed by atoms with E-state index in [2.05, 4.69) is 37.6 Å². The van der Waals surface area contributed by atoms with Crippen molar-refractivity contribution in [1.29, 1.82) is 0 Å². The Morgan fingerprint density at radius 1 is 1.33 bits per heavy atom. The van der Waals surface area contributed by atoms with Gasteiger partial charge in [0.25, 0.3) is 0 Å². The molecule has 0 aromatic rings. The zero-order valence-corrected chi connectivity index (χ0v) is 9.77. The van der Waals surface area contributed by atoms with Crippen LogP contribution >= 0.6 is 31.9 Å². The summed E-state index contributed by atoms with van der Waals surface area (Å²) in [4.78, 5) is 10.8. The summed E-state index contributed by atoms with van der Waals surface area (Å²) in [6.45, 7) is 2.04. The Balaban J connectivity index is 3.14. The zero-order chi connectivity index (χ0) is 9.40. The third kappa shape index (κ3) is 7.02. The second kappa shape index (κ2) is 7.97. The number of hydrogen-bond donors (Lipinski definition) is 1. The largest absolute Gasteiger partial charge is 0.462 e. The molecule has 0 saturated heterocycles. The van der Waals surface area contributed by atoms with Crippen molar-refractivity contribution < 1.29 is 20.0 Å². The Hall–Kier alpha value is 0.350. The maximum Gasteiger partial charge on any atom is 0.330 e. The van der Waals surface area contributed by atoms with E-state index in [-0.39, 0.29) is 12.6 Å². The van der Waals surface area contributed by atoms with Gasteiger partial charge < -0.3 is 15.2 Å². The first-order valence-electron chi connectivity index (χ1n) is 3.50. The van der Waals surface area contributed by atoms with Crippen LogP contribution in [0, 0.1) is 0 Å².